The fourth-order valence-corrected chi connectivity index (χ4v) is 14.6. The van der Waals surface area contributed by atoms with E-state index in [2.05, 4.69) is 262 Å². The van der Waals surface area contributed by atoms with Crippen molar-refractivity contribution in [2.24, 2.45) is 0 Å². The van der Waals surface area contributed by atoms with Crippen LogP contribution in [0.15, 0.2) is 313 Å². The lowest BCUT2D eigenvalue weighted by Gasteiger charge is -2.19. The molecule has 19 aromatic rings. The summed E-state index contributed by atoms with van der Waals surface area (Å²) >= 11 is 0. The van der Waals surface area contributed by atoms with Gasteiger partial charge in [0.15, 0.2) is 0 Å². The molecule has 0 radical (unpaired) electrons. The Kier molecular flexibility index (Phi) is 13.6. The molecule has 6 aromatic heterocycles. The summed E-state index contributed by atoms with van der Waals surface area (Å²) in [4.78, 5) is 0. The van der Waals surface area contributed by atoms with Crippen molar-refractivity contribution in [3.05, 3.63) is 316 Å². The highest BCUT2D eigenvalue weighted by molar-refractivity contribution is 6.27. The molecule has 0 atom stereocenters. The molecule has 8 nitrogen and oxygen atoms in total. The standard InChI is InChI=1S/C80H44N6O2.C4H8.C4H6/c81-45-51-27-28-52(46-82)78(86-70-38-32-50(44-64(70)76-72(86)40-34-60-58-22-10-14-26-74(58)88-80(60)76)48-30-36-68-62(42-48)56-20-8-12-24-66(56)84(68)54-17-5-2-6-18-54)77(51)85-69-37-31-49(43-63(69)75-71(85)39-33-59-57-21-9-13-25-73(57)87-79(59)75)47-29-35-67-61(41-47)55-19-7-11-23-65(55)83(67)53-15-3-1-4-16-53;2*1-3-4-2/h1-44H;3-4H,1-2H3;3-4H,1-2H2/b;4-3-;. The summed E-state index contributed by atoms with van der Waals surface area (Å²) < 4.78 is 23.0. The van der Waals surface area contributed by atoms with Crippen molar-refractivity contribution >= 4 is 131 Å². The third kappa shape index (κ3) is 8.67. The highest BCUT2D eigenvalue weighted by atomic mass is 16.3. The zero-order chi connectivity index (χ0) is 64.7. The van der Waals surface area contributed by atoms with E-state index < -0.39 is 0 Å². The molecule has 19 rings (SSSR count). The van der Waals surface area contributed by atoms with Crippen LogP contribution in [0, 0.1) is 22.7 Å². The lowest BCUT2D eigenvalue weighted by Crippen LogP contribution is -2.08. The lowest BCUT2D eigenvalue weighted by molar-refractivity contribution is 0.672. The van der Waals surface area contributed by atoms with E-state index >= 15 is 0 Å². The third-order valence-electron chi connectivity index (χ3n) is 18.9. The van der Waals surface area contributed by atoms with Crippen molar-refractivity contribution in [2.45, 2.75) is 13.8 Å². The number of aromatic nitrogens is 4. The molecule has 452 valence electrons. The maximum Gasteiger partial charge on any atom is 0.145 e. The molecule has 13 aromatic carbocycles. The van der Waals surface area contributed by atoms with Gasteiger partial charge in [0.05, 0.1) is 77.4 Å². The first-order chi connectivity index (χ1) is 47.4. The van der Waals surface area contributed by atoms with Crippen LogP contribution in [0.5, 0.6) is 0 Å². The number of allylic oxidation sites excluding steroid dienone is 4. The Bertz CT molecular complexity index is 6150. The molecule has 0 aliphatic carbocycles. The molecule has 0 aliphatic rings. The van der Waals surface area contributed by atoms with Gasteiger partial charge < -0.3 is 27.1 Å². The average Bonchev–Trinajstić information content (AvgIpc) is 1.55. The second-order valence-corrected chi connectivity index (χ2v) is 24.1. The molecule has 96 heavy (non-hydrogen) atoms. The Hall–Kier alpha value is -13.1. The molecule has 0 unspecified atom stereocenters. The SMILES string of the molecule is C/C=C\C.C=CC=C.N#Cc1ccc(C#N)c(-n2c3ccc(-c4ccc5c(c4)c4ccccc4n5-c4ccccc4)cc3c3c4oc5ccccc5c4ccc32)c1-n1c2ccc(-c3ccc4c(c3)c3ccccc3n4-c3ccccc3)cc2c2c3oc4ccccc4c3ccc21. The number of para-hydroxylation sites is 6. The minimum Gasteiger partial charge on any atom is -0.455 e. The molecule has 0 spiro atoms. The number of hydrogen-bond donors (Lipinski definition) is 0. The van der Waals surface area contributed by atoms with Crippen LogP contribution in [-0.2, 0) is 0 Å². The number of hydrogen-bond acceptors (Lipinski definition) is 4. The van der Waals surface area contributed by atoms with E-state index in [-0.39, 0.29) is 0 Å². The maximum absolute atomic E-state index is 11.6. The van der Waals surface area contributed by atoms with Gasteiger partial charge >= 0.3 is 0 Å². The highest BCUT2D eigenvalue weighted by Crippen LogP contribution is 2.48. The number of furan rings is 2. The smallest absolute Gasteiger partial charge is 0.145 e. The van der Waals surface area contributed by atoms with Gasteiger partial charge in [0.25, 0.3) is 0 Å². The lowest BCUT2D eigenvalue weighted by atomic mass is 10.00. The number of benzene rings is 13. The minimum atomic E-state index is 0.404. The van der Waals surface area contributed by atoms with E-state index in [9.17, 15) is 10.5 Å². The molecular weight excluding hydrogens is 1170 g/mol. The van der Waals surface area contributed by atoms with E-state index in [4.69, 9.17) is 8.83 Å². The van der Waals surface area contributed by atoms with Crippen molar-refractivity contribution < 1.29 is 8.83 Å². The molecule has 0 aliphatic heterocycles. The number of nitrogens with zero attached hydrogens (tertiary/aromatic N) is 6. The predicted octanol–water partition coefficient (Wildman–Crippen LogP) is 23.9. The first kappa shape index (κ1) is 56.8. The summed E-state index contributed by atoms with van der Waals surface area (Å²) in [7, 11) is 0. The van der Waals surface area contributed by atoms with Crippen LogP contribution < -0.4 is 0 Å². The molecule has 0 saturated carbocycles. The Morgan fingerprint density at radius 2 is 0.625 bits per heavy atom. The molecule has 0 saturated heterocycles. The number of fused-ring (bicyclic) bond motifs is 20. The zero-order valence-electron chi connectivity index (χ0n) is 52.6. The van der Waals surface area contributed by atoms with Crippen molar-refractivity contribution in [3.63, 3.8) is 0 Å². The van der Waals surface area contributed by atoms with Crippen LogP contribution in [0.2, 0.25) is 0 Å². The van der Waals surface area contributed by atoms with Gasteiger partial charge in [0.1, 0.15) is 34.5 Å². The molecule has 0 N–H and O–H groups in total. The monoisotopic (exact) mass is 1230 g/mol. The van der Waals surface area contributed by atoms with Crippen molar-refractivity contribution in [1.29, 1.82) is 10.5 Å². The summed E-state index contributed by atoms with van der Waals surface area (Å²) in [6, 6.07) is 98.8. The van der Waals surface area contributed by atoms with Gasteiger partial charge in [0, 0.05) is 65.2 Å². The van der Waals surface area contributed by atoms with Gasteiger partial charge in [0.2, 0.25) is 0 Å². The molecule has 6 heterocycles. The quantitative estimate of drug-likeness (QED) is 0.117. The summed E-state index contributed by atoms with van der Waals surface area (Å²) in [6.07, 6.45) is 7.28. The zero-order valence-corrected chi connectivity index (χ0v) is 52.6. The van der Waals surface area contributed by atoms with Gasteiger partial charge in [-0.1, -0.05) is 171 Å². The van der Waals surface area contributed by atoms with E-state index in [1.54, 1.807) is 24.3 Å². The fraction of sp³-hybridized carbons (Fsp3) is 0.0227. The van der Waals surface area contributed by atoms with E-state index in [0.717, 1.165) is 154 Å². The largest absolute Gasteiger partial charge is 0.455 e. The van der Waals surface area contributed by atoms with Gasteiger partial charge in [-0.05, 0) is 170 Å². The summed E-state index contributed by atoms with van der Waals surface area (Å²) in [5.41, 5.74) is 19.3. The Balaban J connectivity index is 0.000000829. The summed E-state index contributed by atoms with van der Waals surface area (Å²) in [5, 5.41) is 35.5. The van der Waals surface area contributed by atoms with E-state index in [0.29, 0.717) is 22.5 Å². The van der Waals surface area contributed by atoms with Gasteiger partial charge in [-0.2, -0.15) is 10.5 Å². The minimum absolute atomic E-state index is 0.404. The first-order valence-electron chi connectivity index (χ1n) is 32.1. The van der Waals surface area contributed by atoms with Gasteiger partial charge in [-0.15, -0.1) is 0 Å². The number of rotatable bonds is 7. The highest BCUT2D eigenvalue weighted by Gasteiger charge is 2.29. The summed E-state index contributed by atoms with van der Waals surface area (Å²) in [5.74, 6) is 0. The first-order valence-corrected chi connectivity index (χ1v) is 32.1. The Labute approximate surface area is 552 Å². The molecule has 0 fully saturated rings. The molecule has 0 bridgehead atoms. The van der Waals surface area contributed by atoms with Gasteiger partial charge in [-0.3, -0.25) is 0 Å². The maximum atomic E-state index is 11.6. The Morgan fingerprint density at radius 1 is 0.302 bits per heavy atom. The summed E-state index contributed by atoms with van der Waals surface area (Å²) in [6.45, 7) is 10.7. The van der Waals surface area contributed by atoms with Crippen LogP contribution >= 0.6 is 0 Å². The van der Waals surface area contributed by atoms with Crippen LogP contribution in [0.25, 0.3) is 176 Å². The van der Waals surface area contributed by atoms with E-state index in [1.807, 2.05) is 62.4 Å². The topological polar surface area (TPSA) is 93.6 Å². The van der Waals surface area contributed by atoms with Gasteiger partial charge in [-0.25, -0.2) is 0 Å². The molecular formula is C88H58N6O2. The average molecular weight is 1230 g/mol. The molecule has 8 heteroatoms. The molecule has 0 amide bonds. The van der Waals surface area contributed by atoms with Crippen LogP contribution in [0.4, 0.5) is 0 Å². The van der Waals surface area contributed by atoms with Crippen LogP contribution in [-0.4, -0.2) is 18.3 Å². The van der Waals surface area contributed by atoms with E-state index in [1.165, 1.54) is 10.8 Å². The van der Waals surface area contributed by atoms with Crippen molar-refractivity contribution in [1.82, 2.24) is 18.3 Å². The predicted molar refractivity (Wildman–Crippen MR) is 400 cm³/mol. The van der Waals surface area contributed by atoms with Crippen LogP contribution in [0.1, 0.15) is 25.0 Å². The second kappa shape index (κ2) is 22.9. The fourth-order valence-electron chi connectivity index (χ4n) is 14.6. The second-order valence-electron chi connectivity index (χ2n) is 24.1. The van der Waals surface area contributed by atoms with Crippen LogP contribution in [0.3, 0.4) is 0 Å². The third-order valence-corrected chi connectivity index (χ3v) is 18.9. The van der Waals surface area contributed by atoms with Crippen molar-refractivity contribution in [3.8, 4) is 57.1 Å². The number of nitriles is 2. The van der Waals surface area contributed by atoms with Crippen molar-refractivity contribution in [2.75, 3.05) is 0 Å². The Morgan fingerprint density at radius 3 is 1.00 bits per heavy atom. The normalized spacial score (nSPS) is 11.7.